The van der Waals surface area contributed by atoms with Crippen molar-refractivity contribution in [3.05, 3.63) is 193 Å². The summed E-state index contributed by atoms with van der Waals surface area (Å²) in [6.07, 6.45) is 14.7. The monoisotopic (exact) mass is 778 g/mol. The van der Waals surface area contributed by atoms with E-state index in [9.17, 15) is 0 Å². The van der Waals surface area contributed by atoms with E-state index in [4.69, 9.17) is 0 Å². The average Bonchev–Trinajstić information content (AvgIpc) is 3.97. The summed E-state index contributed by atoms with van der Waals surface area (Å²) in [4.78, 5) is 2.61. The van der Waals surface area contributed by atoms with Crippen LogP contribution in [0.3, 0.4) is 0 Å². The predicted octanol–water partition coefficient (Wildman–Crippen LogP) is 15.7. The van der Waals surface area contributed by atoms with Crippen molar-refractivity contribution >= 4 is 97.1 Å². The summed E-state index contributed by atoms with van der Waals surface area (Å²) >= 11 is 3.80. The molecule has 10 aromatic rings. The Bertz CT molecular complexity index is 3330. The summed E-state index contributed by atoms with van der Waals surface area (Å²) in [7, 11) is 0. The van der Waals surface area contributed by atoms with Gasteiger partial charge < -0.3 is 9.47 Å². The lowest BCUT2D eigenvalue weighted by molar-refractivity contribution is 0.737. The third-order valence-electron chi connectivity index (χ3n) is 12.2. The molecule has 0 bridgehead atoms. The largest absolute Gasteiger partial charge is 0.333 e. The quantitative estimate of drug-likeness (QED) is 0.163. The Hall–Kier alpha value is -6.46. The lowest BCUT2D eigenvalue weighted by Gasteiger charge is -2.35. The minimum Gasteiger partial charge on any atom is -0.333 e. The fraction of sp³-hybridized carbons (Fsp3) is 0.0741. The van der Waals surface area contributed by atoms with E-state index in [1.165, 1.54) is 102 Å². The SMILES string of the molecule is C1=CCCC(n2c3c(c4ccccc42)C=CC(N(c2ccc(-c4ccccc4-c4cccc5c4sc4ccccc45)cc2)c2cccc4c2sc2ccccc24)C3)=C1. The highest BCUT2D eigenvalue weighted by Gasteiger charge is 2.29. The highest BCUT2D eigenvalue weighted by molar-refractivity contribution is 7.26. The molecule has 12 rings (SSSR count). The molecule has 3 heterocycles. The van der Waals surface area contributed by atoms with Gasteiger partial charge in [0, 0.05) is 75.7 Å². The Balaban J connectivity index is 1.01. The molecule has 2 aliphatic rings. The third-order valence-corrected chi connectivity index (χ3v) is 14.7. The Morgan fingerprint density at radius 1 is 0.552 bits per heavy atom. The fourth-order valence-corrected chi connectivity index (χ4v) is 12.1. The smallest absolute Gasteiger partial charge is 0.0598 e. The normalized spacial score (nSPS) is 15.2. The van der Waals surface area contributed by atoms with Gasteiger partial charge in [0.15, 0.2) is 0 Å². The maximum atomic E-state index is 2.61. The zero-order valence-electron chi connectivity index (χ0n) is 31.8. The topological polar surface area (TPSA) is 8.17 Å². The van der Waals surface area contributed by atoms with Gasteiger partial charge in [-0.3, -0.25) is 0 Å². The summed E-state index contributed by atoms with van der Waals surface area (Å²) in [5, 5.41) is 6.63. The summed E-state index contributed by atoms with van der Waals surface area (Å²) in [6, 6.07) is 58.7. The molecule has 0 amide bonds. The van der Waals surface area contributed by atoms with Gasteiger partial charge in [0.1, 0.15) is 0 Å². The van der Waals surface area contributed by atoms with E-state index in [0.29, 0.717) is 0 Å². The van der Waals surface area contributed by atoms with Crippen molar-refractivity contribution in [2.45, 2.75) is 25.3 Å². The zero-order valence-corrected chi connectivity index (χ0v) is 33.4. The van der Waals surface area contributed by atoms with Crippen LogP contribution >= 0.6 is 22.7 Å². The molecule has 0 radical (unpaired) electrons. The van der Waals surface area contributed by atoms with Crippen molar-refractivity contribution in [3.8, 4) is 22.3 Å². The molecule has 2 nitrogen and oxygen atoms in total. The lowest BCUT2D eigenvalue weighted by Crippen LogP contribution is -2.33. The number of fused-ring (bicyclic) bond motifs is 9. The molecule has 1 atom stereocenters. The number of benzene rings is 7. The van der Waals surface area contributed by atoms with Crippen molar-refractivity contribution in [2.75, 3.05) is 4.90 Å². The van der Waals surface area contributed by atoms with E-state index in [2.05, 4.69) is 198 Å². The Labute approximate surface area is 345 Å². The van der Waals surface area contributed by atoms with Crippen LogP contribution in [0, 0.1) is 0 Å². The number of hydrogen-bond acceptors (Lipinski definition) is 3. The van der Waals surface area contributed by atoms with Crippen molar-refractivity contribution in [1.82, 2.24) is 4.57 Å². The van der Waals surface area contributed by atoms with Crippen molar-refractivity contribution < 1.29 is 0 Å². The van der Waals surface area contributed by atoms with Crippen LogP contribution in [0.2, 0.25) is 0 Å². The molecule has 2 aliphatic carbocycles. The van der Waals surface area contributed by atoms with Crippen LogP contribution in [-0.2, 0) is 6.42 Å². The third kappa shape index (κ3) is 5.29. The highest BCUT2D eigenvalue weighted by Crippen LogP contribution is 2.46. The molecule has 0 saturated heterocycles. The Morgan fingerprint density at radius 2 is 1.19 bits per heavy atom. The molecule has 0 aliphatic heterocycles. The van der Waals surface area contributed by atoms with Crippen LogP contribution in [0.4, 0.5) is 11.4 Å². The second-order valence-corrected chi connectivity index (χ2v) is 17.6. The lowest BCUT2D eigenvalue weighted by atomic mass is 9.93. The molecule has 0 fully saturated rings. The minimum atomic E-state index is 0.106. The van der Waals surface area contributed by atoms with E-state index in [1.807, 2.05) is 22.7 Å². The number of aromatic nitrogens is 1. The first-order chi connectivity index (χ1) is 28.8. The molecule has 58 heavy (non-hydrogen) atoms. The van der Waals surface area contributed by atoms with Crippen LogP contribution in [0.25, 0.3) is 85.3 Å². The van der Waals surface area contributed by atoms with Crippen LogP contribution in [-0.4, -0.2) is 10.6 Å². The summed E-state index contributed by atoms with van der Waals surface area (Å²) < 4.78 is 7.90. The molecule has 1 unspecified atom stereocenters. The predicted molar refractivity (Wildman–Crippen MR) is 253 cm³/mol. The first kappa shape index (κ1) is 33.7. The minimum absolute atomic E-state index is 0.106. The van der Waals surface area contributed by atoms with E-state index in [-0.39, 0.29) is 6.04 Å². The van der Waals surface area contributed by atoms with Gasteiger partial charge in [0.2, 0.25) is 0 Å². The number of nitrogens with zero attached hydrogens (tertiary/aromatic N) is 2. The van der Waals surface area contributed by atoms with Gasteiger partial charge in [-0.2, -0.15) is 0 Å². The van der Waals surface area contributed by atoms with Gasteiger partial charge in [-0.25, -0.2) is 0 Å². The van der Waals surface area contributed by atoms with Gasteiger partial charge >= 0.3 is 0 Å². The van der Waals surface area contributed by atoms with Crippen molar-refractivity contribution in [2.24, 2.45) is 0 Å². The Morgan fingerprint density at radius 3 is 1.97 bits per heavy atom. The van der Waals surface area contributed by atoms with Gasteiger partial charge in [0.25, 0.3) is 0 Å². The van der Waals surface area contributed by atoms with Gasteiger partial charge in [-0.05, 0) is 72.0 Å². The molecular formula is C54H38N2S2. The van der Waals surface area contributed by atoms with Crippen LogP contribution in [0.1, 0.15) is 24.1 Å². The van der Waals surface area contributed by atoms with Gasteiger partial charge in [0.05, 0.1) is 21.9 Å². The van der Waals surface area contributed by atoms with Gasteiger partial charge in [-0.1, -0.05) is 146 Å². The molecule has 3 aromatic heterocycles. The second kappa shape index (κ2) is 13.6. The maximum Gasteiger partial charge on any atom is 0.0598 e. The molecular weight excluding hydrogens is 741 g/mol. The van der Waals surface area contributed by atoms with E-state index in [0.717, 1.165) is 19.3 Å². The number of rotatable bonds is 6. The van der Waals surface area contributed by atoms with E-state index < -0.39 is 0 Å². The van der Waals surface area contributed by atoms with Crippen LogP contribution in [0.5, 0.6) is 0 Å². The number of hydrogen-bond donors (Lipinski definition) is 0. The average molecular weight is 779 g/mol. The molecule has 4 heteroatoms. The summed E-state index contributed by atoms with van der Waals surface area (Å²) in [5.74, 6) is 0. The molecule has 0 N–H and O–H groups in total. The first-order valence-corrected chi connectivity index (χ1v) is 21.9. The van der Waals surface area contributed by atoms with Crippen LogP contribution < -0.4 is 4.90 Å². The number of thiophene rings is 2. The molecule has 276 valence electrons. The summed E-state index contributed by atoms with van der Waals surface area (Å²) in [5.41, 5.74) is 12.9. The standard InChI is InChI=1S/C54H38N2S2/c1-2-14-36(15-3-1)56-48-24-9-6-18-41(48)42-33-32-38(34-50(42)56)55(49-25-13-23-47-44-20-8-11-27-52(44)58-54(47)49)37-30-28-35(29-31-37)39-16-4-5-17-40(39)45-21-12-22-46-43-19-7-10-26-51(43)57-53(45)46/h1-2,4-14,16-33,38H,3,15,34H2. The second-order valence-electron chi connectivity index (χ2n) is 15.5. The molecule has 0 spiro atoms. The van der Waals surface area contributed by atoms with Gasteiger partial charge in [-0.15, -0.1) is 22.7 Å². The number of para-hydroxylation sites is 1. The van der Waals surface area contributed by atoms with Crippen molar-refractivity contribution in [3.63, 3.8) is 0 Å². The number of allylic oxidation sites excluding steroid dienone is 4. The van der Waals surface area contributed by atoms with Crippen molar-refractivity contribution in [1.29, 1.82) is 0 Å². The Kier molecular flexibility index (Phi) is 7.89. The number of anilines is 2. The van der Waals surface area contributed by atoms with E-state index in [1.54, 1.807) is 0 Å². The molecule has 7 aromatic carbocycles. The maximum absolute atomic E-state index is 2.61. The first-order valence-electron chi connectivity index (χ1n) is 20.2. The highest BCUT2D eigenvalue weighted by atomic mass is 32.1. The zero-order chi connectivity index (χ0) is 38.2. The summed E-state index contributed by atoms with van der Waals surface area (Å²) in [6.45, 7) is 0. The van der Waals surface area contributed by atoms with E-state index >= 15 is 0 Å². The molecule has 0 saturated carbocycles. The fourth-order valence-electron chi connectivity index (χ4n) is 9.62. The van der Waals surface area contributed by atoms with Crippen LogP contribution in [0.15, 0.2) is 182 Å².